The molecule has 0 fully saturated rings. The lowest BCUT2D eigenvalue weighted by atomic mass is 9.94. The average Bonchev–Trinajstić information content (AvgIpc) is 2.46. The number of aliphatic carboxylic acids is 1. The van der Waals surface area contributed by atoms with Crippen LogP contribution in [0.15, 0.2) is 0 Å². The lowest BCUT2D eigenvalue weighted by molar-refractivity contribution is -0.143. The summed E-state index contributed by atoms with van der Waals surface area (Å²) in [5.74, 6) is -0.845. The first kappa shape index (κ1) is 21.2. The number of esters is 1. The number of nitrogens with one attached hydrogen (secondary N) is 1. The molecule has 0 rings (SSSR count). The normalized spacial score (nSPS) is 11.8. The zero-order chi connectivity index (χ0) is 17.7. The molecule has 1 amide bonds. The zero-order valence-corrected chi connectivity index (χ0v) is 14.3. The second-order valence-corrected chi connectivity index (χ2v) is 5.89. The molecule has 0 aliphatic rings. The lowest BCUT2D eigenvalue weighted by Gasteiger charge is -2.17. The fourth-order valence-corrected chi connectivity index (χ4v) is 2.09. The molecule has 7 nitrogen and oxygen atoms in total. The highest BCUT2D eigenvalue weighted by molar-refractivity contribution is 5.69. The number of carboxylic acids is 1. The fraction of sp³-hybridized carbons (Fsp3) is 0.812. The number of alkyl carbamates (subject to hydrolysis) is 1. The molecule has 1 unspecified atom stereocenters. The molecule has 134 valence electrons. The van der Waals surface area contributed by atoms with Gasteiger partial charge in [-0.2, -0.15) is 0 Å². The first-order valence-electron chi connectivity index (χ1n) is 8.13. The largest absolute Gasteiger partial charge is 0.481 e. The quantitative estimate of drug-likeness (QED) is 0.421. The summed E-state index contributed by atoms with van der Waals surface area (Å²) in [6.45, 7) is 6.61. The zero-order valence-electron chi connectivity index (χ0n) is 14.3. The molecule has 0 bridgehead atoms. The van der Waals surface area contributed by atoms with Gasteiger partial charge in [0.1, 0.15) is 0 Å². The van der Waals surface area contributed by atoms with E-state index in [9.17, 15) is 14.4 Å². The van der Waals surface area contributed by atoms with Crippen LogP contribution in [-0.2, 0) is 19.1 Å². The van der Waals surface area contributed by atoms with Gasteiger partial charge in [0.25, 0.3) is 0 Å². The van der Waals surface area contributed by atoms with E-state index in [2.05, 4.69) is 5.32 Å². The second-order valence-electron chi connectivity index (χ2n) is 5.89. The van der Waals surface area contributed by atoms with Crippen LogP contribution >= 0.6 is 0 Å². The maximum Gasteiger partial charge on any atom is 0.407 e. The van der Waals surface area contributed by atoms with Crippen molar-refractivity contribution in [1.82, 2.24) is 5.32 Å². The number of carboxylic acid groups (broad SMARTS) is 1. The van der Waals surface area contributed by atoms with E-state index >= 15 is 0 Å². The standard InChI is InChI=1S/C16H29NO6/c1-4-15(20)22-7-5-6-8-23-16(21)17-11-13(9-12(2)3)10-14(18)19/h12-13H,4-11H2,1-3H3,(H,17,21)(H,18,19). The predicted molar refractivity (Wildman–Crippen MR) is 85.0 cm³/mol. The molecule has 0 aromatic heterocycles. The minimum atomic E-state index is -0.868. The summed E-state index contributed by atoms with van der Waals surface area (Å²) in [4.78, 5) is 33.2. The van der Waals surface area contributed by atoms with Crippen molar-refractivity contribution in [2.24, 2.45) is 11.8 Å². The molecule has 0 aromatic rings. The molecule has 0 saturated carbocycles. The summed E-state index contributed by atoms with van der Waals surface area (Å²) < 4.78 is 9.90. The van der Waals surface area contributed by atoms with Crippen LogP contribution in [-0.4, -0.2) is 42.9 Å². The van der Waals surface area contributed by atoms with Crippen LogP contribution in [0.3, 0.4) is 0 Å². The van der Waals surface area contributed by atoms with Gasteiger partial charge in [0.2, 0.25) is 0 Å². The van der Waals surface area contributed by atoms with Crippen molar-refractivity contribution in [2.75, 3.05) is 19.8 Å². The summed E-state index contributed by atoms with van der Waals surface area (Å²) in [5.41, 5.74) is 0. The molecular formula is C16H29NO6. The topological polar surface area (TPSA) is 102 Å². The van der Waals surface area contributed by atoms with E-state index in [1.165, 1.54) is 0 Å². The van der Waals surface area contributed by atoms with E-state index in [0.29, 0.717) is 31.8 Å². The number of carbonyl (C=O) groups is 3. The van der Waals surface area contributed by atoms with E-state index in [-0.39, 0.29) is 31.5 Å². The molecule has 0 spiro atoms. The fourth-order valence-electron chi connectivity index (χ4n) is 2.09. The Morgan fingerprint density at radius 2 is 1.70 bits per heavy atom. The number of carbonyl (C=O) groups excluding carboxylic acids is 2. The van der Waals surface area contributed by atoms with Gasteiger partial charge in [0.05, 0.1) is 13.2 Å². The highest BCUT2D eigenvalue weighted by atomic mass is 16.5. The molecular weight excluding hydrogens is 302 g/mol. The van der Waals surface area contributed by atoms with Crippen LogP contribution in [0.25, 0.3) is 0 Å². The Morgan fingerprint density at radius 3 is 2.22 bits per heavy atom. The third kappa shape index (κ3) is 13.6. The Hall–Kier alpha value is -1.79. The van der Waals surface area contributed by atoms with Crippen molar-refractivity contribution in [2.45, 2.75) is 52.9 Å². The van der Waals surface area contributed by atoms with Crippen LogP contribution in [0.1, 0.15) is 52.9 Å². The van der Waals surface area contributed by atoms with Gasteiger partial charge in [0.15, 0.2) is 0 Å². The minimum absolute atomic E-state index is 0.0290. The van der Waals surface area contributed by atoms with Crippen LogP contribution in [0.4, 0.5) is 4.79 Å². The Labute approximate surface area is 137 Å². The molecule has 23 heavy (non-hydrogen) atoms. The smallest absolute Gasteiger partial charge is 0.407 e. The molecule has 0 radical (unpaired) electrons. The average molecular weight is 331 g/mol. The summed E-state index contributed by atoms with van der Waals surface area (Å²) in [5, 5.41) is 11.5. The molecule has 0 aromatic carbocycles. The molecule has 0 saturated heterocycles. The highest BCUT2D eigenvalue weighted by Gasteiger charge is 2.16. The van der Waals surface area contributed by atoms with Gasteiger partial charge in [-0.05, 0) is 31.1 Å². The highest BCUT2D eigenvalue weighted by Crippen LogP contribution is 2.14. The number of rotatable bonds is 12. The maximum atomic E-state index is 11.5. The van der Waals surface area contributed by atoms with Crippen molar-refractivity contribution >= 4 is 18.0 Å². The Morgan fingerprint density at radius 1 is 1.09 bits per heavy atom. The van der Waals surface area contributed by atoms with Crippen molar-refractivity contribution < 1.29 is 29.0 Å². The number of unbranched alkanes of at least 4 members (excludes halogenated alkanes) is 1. The maximum absolute atomic E-state index is 11.5. The number of hydrogen-bond acceptors (Lipinski definition) is 5. The van der Waals surface area contributed by atoms with E-state index < -0.39 is 12.1 Å². The van der Waals surface area contributed by atoms with Crippen LogP contribution in [0.2, 0.25) is 0 Å². The second kappa shape index (κ2) is 12.7. The first-order chi connectivity index (χ1) is 10.8. The van der Waals surface area contributed by atoms with Crippen molar-refractivity contribution in [3.8, 4) is 0 Å². The number of hydrogen-bond donors (Lipinski definition) is 2. The molecule has 1 atom stereocenters. The van der Waals surface area contributed by atoms with Gasteiger partial charge in [-0.3, -0.25) is 9.59 Å². The monoisotopic (exact) mass is 331 g/mol. The minimum Gasteiger partial charge on any atom is -0.481 e. The molecule has 0 aliphatic carbocycles. The number of ether oxygens (including phenoxy) is 2. The third-order valence-electron chi connectivity index (χ3n) is 3.13. The van der Waals surface area contributed by atoms with Crippen LogP contribution in [0.5, 0.6) is 0 Å². The van der Waals surface area contributed by atoms with Gasteiger partial charge in [-0.15, -0.1) is 0 Å². The molecule has 2 N–H and O–H groups in total. The van der Waals surface area contributed by atoms with Crippen LogP contribution in [0, 0.1) is 11.8 Å². The van der Waals surface area contributed by atoms with Gasteiger partial charge >= 0.3 is 18.0 Å². The van der Waals surface area contributed by atoms with Gasteiger partial charge in [0, 0.05) is 19.4 Å². The molecule has 0 heterocycles. The molecule has 7 heteroatoms. The van der Waals surface area contributed by atoms with Gasteiger partial charge < -0.3 is 19.9 Å². The number of amides is 1. The van der Waals surface area contributed by atoms with Crippen molar-refractivity contribution in [3.63, 3.8) is 0 Å². The van der Waals surface area contributed by atoms with Crippen molar-refractivity contribution in [1.29, 1.82) is 0 Å². The Balaban J connectivity index is 3.78. The molecule has 0 aliphatic heterocycles. The summed E-state index contributed by atoms with van der Waals surface area (Å²) in [6, 6.07) is 0. The third-order valence-corrected chi connectivity index (χ3v) is 3.13. The van der Waals surface area contributed by atoms with E-state index in [4.69, 9.17) is 14.6 Å². The van der Waals surface area contributed by atoms with Gasteiger partial charge in [-0.1, -0.05) is 20.8 Å². The Bertz CT molecular complexity index is 370. The summed E-state index contributed by atoms with van der Waals surface area (Å²) in [7, 11) is 0. The summed E-state index contributed by atoms with van der Waals surface area (Å²) in [6.07, 6.45) is 1.81. The summed E-state index contributed by atoms with van der Waals surface area (Å²) >= 11 is 0. The van der Waals surface area contributed by atoms with Crippen LogP contribution < -0.4 is 5.32 Å². The lowest BCUT2D eigenvalue weighted by Crippen LogP contribution is -2.31. The van der Waals surface area contributed by atoms with E-state index in [0.717, 1.165) is 6.42 Å². The van der Waals surface area contributed by atoms with Gasteiger partial charge in [-0.25, -0.2) is 4.79 Å². The predicted octanol–water partition coefficient (Wildman–Crippen LogP) is 2.58. The van der Waals surface area contributed by atoms with Crippen molar-refractivity contribution in [3.05, 3.63) is 0 Å². The Kier molecular flexibility index (Phi) is 11.7. The van der Waals surface area contributed by atoms with E-state index in [1.54, 1.807) is 6.92 Å². The first-order valence-corrected chi connectivity index (χ1v) is 8.13. The van der Waals surface area contributed by atoms with E-state index in [1.807, 2.05) is 13.8 Å². The SMILES string of the molecule is CCC(=O)OCCCCOC(=O)NCC(CC(=O)O)CC(C)C.